The van der Waals surface area contributed by atoms with Gasteiger partial charge in [0.15, 0.2) is 0 Å². The van der Waals surface area contributed by atoms with Crippen LogP contribution in [0.4, 0.5) is 0 Å². The molecule has 2 rings (SSSR count). The number of carbonyl (C=O) groups is 3. The van der Waals surface area contributed by atoms with E-state index >= 15 is 0 Å². The molecule has 112 valence electrons. The number of amides is 1. The van der Waals surface area contributed by atoms with Crippen molar-refractivity contribution in [3.05, 3.63) is 35.4 Å². The predicted molar refractivity (Wildman–Crippen MR) is 73.6 cm³/mol. The van der Waals surface area contributed by atoms with Crippen LogP contribution in [0.5, 0.6) is 0 Å². The van der Waals surface area contributed by atoms with E-state index in [0.29, 0.717) is 5.56 Å². The molecule has 1 saturated carbocycles. The van der Waals surface area contributed by atoms with Gasteiger partial charge in [-0.25, -0.2) is 4.79 Å². The Morgan fingerprint density at radius 1 is 1.19 bits per heavy atom. The summed E-state index contributed by atoms with van der Waals surface area (Å²) in [5.74, 6) is -3.51. The van der Waals surface area contributed by atoms with Gasteiger partial charge in [-0.3, -0.25) is 9.59 Å². The monoisotopic (exact) mass is 291 g/mol. The number of benzene rings is 1. The van der Waals surface area contributed by atoms with Crippen molar-refractivity contribution in [2.75, 3.05) is 0 Å². The van der Waals surface area contributed by atoms with Gasteiger partial charge >= 0.3 is 11.9 Å². The number of aliphatic carboxylic acids is 1. The molecule has 0 spiro atoms. The molecule has 0 bridgehead atoms. The zero-order valence-electron chi connectivity index (χ0n) is 11.8. The van der Waals surface area contributed by atoms with E-state index in [9.17, 15) is 14.4 Å². The first-order chi connectivity index (χ1) is 9.75. The molecule has 1 fully saturated rings. The van der Waals surface area contributed by atoms with Crippen LogP contribution in [0.3, 0.4) is 0 Å². The Morgan fingerprint density at radius 3 is 2.38 bits per heavy atom. The second-order valence-corrected chi connectivity index (χ2v) is 5.84. The van der Waals surface area contributed by atoms with Crippen LogP contribution in [-0.4, -0.2) is 28.1 Å². The molecule has 2 unspecified atom stereocenters. The Morgan fingerprint density at radius 2 is 1.86 bits per heavy atom. The number of carboxylic acid groups (broad SMARTS) is 2. The van der Waals surface area contributed by atoms with Crippen molar-refractivity contribution in [2.45, 2.75) is 20.4 Å². The minimum atomic E-state index is -1.03. The fraction of sp³-hybridized carbons (Fsp3) is 0.400. The first kappa shape index (κ1) is 15.0. The number of hydrogen-bond acceptors (Lipinski definition) is 3. The van der Waals surface area contributed by atoms with Crippen LogP contribution in [0.15, 0.2) is 24.3 Å². The zero-order valence-corrected chi connectivity index (χ0v) is 11.8. The van der Waals surface area contributed by atoms with E-state index in [1.165, 1.54) is 12.1 Å². The fourth-order valence-electron chi connectivity index (χ4n) is 2.70. The third kappa shape index (κ3) is 2.89. The van der Waals surface area contributed by atoms with Crippen LogP contribution in [0, 0.1) is 17.3 Å². The summed E-state index contributed by atoms with van der Waals surface area (Å²) in [5, 5.41) is 20.6. The van der Waals surface area contributed by atoms with Crippen molar-refractivity contribution in [1.82, 2.24) is 5.32 Å². The van der Waals surface area contributed by atoms with E-state index in [1.807, 2.05) is 0 Å². The molecular weight excluding hydrogens is 274 g/mol. The van der Waals surface area contributed by atoms with Crippen LogP contribution in [-0.2, 0) is 16.1 Å². The Balaban J connectivity index is 1.98. The van der Waals surface area contributed by atoms with Gasteiger partial charge in [-0.1, -0.05) is 26.0 Å². The highest BCUT2D eigenvalue weighted by molar-refractivity contribution is 5.91. The summed E-state index contributed by atoms with van der Waals surface area (Å²) in [6.45, 7) is 3.68. The average molecular weight is 291 g/mol. The molecule has 0 saturated heterocycles. The maximum Gasteiger partial charge on any atom is 0.335 e. The maximum atomic E-state index is 12.0. The number of carboxylic acids is 2. The van der Waals surface area contributed by atoms with Crippen molar-refractivity contribution in [1.29, 1.82) is 0 Å². The number of nitrogens with one attached hydrogen (secondary N) is 1. The molecule has 0 heterocycles. The first-order valence-corrected chi connectivity index (χ1v) is 6.58. The van der Waals surface area contributed by atoms with E-state index in [2.05, 4.69) is 5.32 Å². The molecule has 0 radical (unpaired) electrons. The van der Waals surface area contributed by atoms with Gasteiger partial charge in [-0.2, -0.15) is 0 Å². The van der Waals surface area contributed by atoms with Gasteiger partial charge in [0.1, 0.15) is 0 Å². The summed E-state index contributed by atoms with van der Waals surface area (Å²) in [6.07, 6.45) is 0. The normalized spacial score (nSPS) is 22.4. The SMILES string of the molecule is CC1(C)C(C(=O)O)C1C(=O)NCc1cccc(C(=O)O)c1. The van der Waals surface area contributed by atoms with Gasteiger partial charge < -0.3 is 15.5 Å². The fourth-order valence-corrected chi connectivity index (χ4v) is 2.70. The maximum absolute atomic E-state index is 12.0. The molecule has 3 N–H and O–H groups in total. The minimum absolute atomic E-state index is 0.150. The van der Waals surface area contributed by atoms with E-state index in [4.69, 9.17) is 10.2 Å². The summed E-state index contributed by atoms with van der Waals surface area (Å²) in [6, 6.07) is 6.26. The van der Waals surface area contributed by atoms with Crippen LogP contribution in [0.1, 0.15) is 29.8 Å². The number of aromatic carboxylic acids is 1. The lowest BCUT2D eigenvalue weighted by atomic mass is 10.1. The Labute approximate surface area is 121 Å². The summed E-state index contributed by atoms with van der Waals surface area (Å²) in [5.41, 5.74) is 0.268. The molecule has 1 aromatic rings. The minimum Gasteiger partial charge on any atom is -0.481 e. The molecule has 6 nitrogen and oxygen atoms in total. The van der Waals surface area contributed by atoms with Gasteiger partial charge in [0, 0.05) is 6.54 Å². The van der Waals surface area contributed by atoms with Crippen molar-refractivity contribution in [3.8, 4) is 0 Å². The largest absolute Gasteiger partial charge is 0.481 e. The average Bonchev–Trinajstić information content (AvgIpc) is 2.99. The predicted octanol–water partition coefficient (Wildman–Crippen LogP) is 1.36. The summed E-state index contributed by atoms with van der Waals surface area (Å²) in [7, 11) is 0. The lowest BCUT2D eigenvalue weighted by molar-refractivity contribution is -0.140. The van der Waals surface area contributed by atoms with E-state index in [1.54, 1.807) is 26.0 Å². The molecule has 1 aliphatic carbocycles. The Kier molecular flexibility index (Phi) is 3.72. The molecule has 0 aromatic heterocycles. The van der Waals surface area contributed by atoms with Crippen LogP contribution in [0.25, 0.3) is 0 Å². The highest BCUT2D eigenvalue weighted by Crippen LogP contribution is 2.58. The van der Waals surface area contributed by atoms with E-state index < -0.39 is 29.2 Å². The third-order valence-electron chi connectivity index (χ3n) is 4.02. The second-order valence-electron chi connectivity index (χ2n) is 5.84. The second kappa shape index (κ2) is 5.20. The van der Waals surface area contributed by atoms with Crippen molar-refractivity contribution >= 4 is 17.8 Å². The molecule has 1 amide bonds. The number of carbonyl (C=O) groups excluding carboxylic acids is 1. The van der Waals surface area contributed by atoms with Crippen molar-refractivity contribution < 1.29 is 24.6 Å². The van der Waals surface area contributed by atoms with Crippen LogP contribution < -0.4 is 5.32 Å². The van der Waals surface area contributed by atoms with Gasteiger partial charge in [-0.15, -0.1) is 0 Å². The highest BCUT2D eigenvalue weighted by Gasteiger charge is 2.65. The van der Waals surface area contributed by atoms with Gasteiger partial charge in [0.25, 0.3) is 0 Å². The third-order valence-corrected chi connectivity index (χ3v) is 4.02. The summed E-state index contributed by atoms with van der Waals surface area (Å²) < 4.78 is 0. The van der Waals surface area contributed by atoms with Crippen LogP contribution >= 0.6 is 0 Å². The Hall–Kier alpha value is -2.37. The first-order valence-electron chi connectivity index (χ1n) is 6.58. The molecule has 1 aromatic carbocycles. The molecule has 6 heteroatoms. The lowest BCUT2D eigenvalue weighted by Crippen LogP contribution is -2.26. The highest BCUT2D eigenvalue weighted by atomic mass is 16.4. The Bertz CT molecular complexity index is 608. The number of hydrogen-bond donors (Lipinski definition) is 3. The van der Waals surface area contributed by atoms with Gasteiger partial charge in [0.2, 0.25) is 5.91 Å². The van der Waals surface area contributed by atoms with E-state index in [0.717, 1.165) is 0 Å². The lowest BCUT2D eigenvalue weighted by Gasteiger charge is -2.07. The molecule has 1 aliphatic rings. The van der Waals surface area contributed by atoms with Gasteiger partial charge in [0.05, 0.1) is 17.4 Å². The molecule has 2 atom stereocenters. The van der Waals surface area contributed by atoms with Gasteiger partial charge in [-0.05, 0) is 23.1 Å². The quantitative estimate of drug-likeness (QED) is 0.760. The zero-order chi connectivity index (χ0) is 15.8. The topological polar surface area (TPSA) is 104 Å². The molecular formula is C15H17NO5. The standard InChI is InChI=1S/C15H17NO5/c1-15(2)10(11(15)14(20)21)12(17)16-7-8-4-3-5-9(6-8)13(18)19/h3-6,10-11H,7H2,1-2H3,(H,16,17)(H,18,19)(H,20,21). The van der Waals surface area contributed by atoms with Crippen molar-refractivity contribution in [2.24, 2.45) is 17.3 Å². The van der Waals surface area contributed by atoms with Crippen molar-refractivity contribution in [3.63, 3.8) is 0 Å². The summed E-state index contributed by atoms with van der Waals surface area (Å²) >= 11 is 0. The van der Waals surface area contributed by atoms with E-state index in [-0.39, 0.29) is 18.0 Å². The van der Waals surface area contributed by atoms with Crippen LogP contribution in [0.2, 0.25) is 0 Å². The summed E-state index contributed by atoms with van der Waals surface area (Å²) in [4.78, 5) is 33.9. The molecule has 0 aliphatic heterocycles. The molecule has 21 heavy (non-hydrogen) atoms. The number of rotatable bonds is 5. The smallest absolute Gasteiger partial charge is 0.335 e.